The van der Waals surface area contributed by atoms with Crippen LogP contribution in [0.4, 0.5) is 5.69 Å². The molecule has 1 aliphatic rings. The molecular formula is C27H26N2O4. The van der Waals surface area contributed by atoms with E-state index in [-0.39, 0.29) is 11.8 Å². The number of nitrogens with zero attached hydrogens (tertiary/aromatic N) is 2. The maximum Gasteiger partial charge on any atom is 0.282 e. The molecule has 0 radical (unpaired) electrons. The van der Waals surface area contributed by atoms with Gasteiger partial charge in [0, 0.05) is 18.7 Å². The zero-order valence-corrected chi connectivity index (χ0v) is 18.9. The highest BCUT2D eigenvalue weighted by Crippen LogP contribution is 2.38. The molecule has 0 aromatic heterocycles. The van der Waals surface area contributed by atoms with Crippen molar-refractivity contribution in [2.24, 2.45) is 0 Å². The Morgan fingerprint density at radius 2 is 1.45 bits per heavy atom. The summed E-state index contributed by atoms with van der Waals surface area (Å²) >= 11 is 0. The van der Waals surface area contributed by atoms with E-state index < -0.39 is 0 Å². The number of likely N-dealkylation sites (N-methyl/N-ethyl adjacent to an activating group) is 1. The van der Waals surface area contributed by atoms with E-state index in [9.17, 15) is 9.59 Å². The lowest BCUT2D eigenvalue weighted by Gasteiger charge is -2.25. The lowest BCUT2D eigenvalue weighted by atomic mass is 10.0. The quantitative estimate of drug-likeness (QED) is 0.481. The zero-order valence-electron chi connectivity index (χ0n) is 18.9. The summed E-state index contributed by atoms with van der Waals surface area (Å²) in [5.41, 5.74) is 2.84. The molecule has 33 heavy (non-hydrogen) atoms. The predicted octanol–water partition coefficient (Wildman–Crippen LogP) is 4.51. The Morgan fingerprint density at radius 3 is 2.09 bits per heavy atom. The second kappa shape index (κ2) is 9.61. The van der Waals surface area contributed by atoms with Crippen LogP contribution >= 0.6 is 0 Å². The van der Waals surface area contributed by atoms with Crippen LogP contribution in [-0.2, 0) is 16.1 Å². The number of imide groups is 1. The van der Waals surface area contributed by atoms with Crippen molar-refractivity contribution in [2.45, 2.75) is 13.5 Å². The Labute approximate surface area is 193 Å². The Hall–Kier alpha value is -4.06. The molecule has 0 spiro atoms. The molecule has 168 valence electrons. The second-order valence-electron chi connectivity index (χ2n) is 7.57. The average Bonchev–Trinajstić information content (AvgIpc) is 3.12. The van der Waals surface area contributed by atoms with Crippen LogP contribution in [-0.4, -0.2) is 37.5 Å². The Morgan fingerprint density at radius 1 is 0.788 bits per heavy atom. The van der Waals surface area contributed by atoms with Gasteiger partial charge in [0.2, 0.25) is 0 Å². The minimum Gasteiger partial charge on any atom is -0.497 e. The number of hydrogen-bond acceptors (Lipinski definition) is 5. The van der Waals surface area contributed by atoms with Gasteiger partial charge in [-0.2, -0.15) is 0 Å². The second-order valence-corrected chi connectivity index (χ2v) is 7.57. The normalized spacial score (nSPS) is 13.5. The lowest BCUT2D eigenvalue weighted by molar-refractivity contribution is -0.120. The highest BCUT2D eigenvalue weighted by molar-refractivity contribution is 6.45. The number of methoxy groups -OCH3 is 2. The van der Waals surface area contributed by atoms with Gasteiger partial charge >= 0.3 is 0 Å². The van der Waals surface area contributed by atoms with Crippen molar-refractivity contribution >= 4 is 23.1 Å². The minimum atomic E-state index is -0.379. The van der Waals surface area contributed by atoms with Crippen LogP contribution < -0.4 is 14.4 Å². The van der Waals surface area contributed by atoms with Crippen LogP contribution in [0.3, 0.4) is 0 Å². The van der Waals surface area contributed by atoms with Crippen LogP contribution in [0.2, 0.25) is 0 Å². The van der Waals surface area contributed by atoms with E-state index in [1.807, 2.05) is 60.4 Å². The zero-order chi connectivity index (χ0) is 23.4. The molecule has 0 saturated heterocycles. The fourth-order valence-electron chi connectivity index (χ4n) is 4.02. The number of benzene rings is 3. The van der Waals surface area contributed by atoms with Crippen LogP contribution in [0.1, 0.15) is 18.1 Å². The van der Waals surface area contributed by atoms with E-state index in [1.165, 1.54) is 4.90 Å². The van der Waals surface area contributed by atoms with Gasteiger partial charge in [0.25, 0.3) is 11.8 Å². The molecule has 0 bridgehead atoms. The molecule has 3 aromatic rings. The molecular weight excluding hydrogens is 416 g/mol. The molecule has 0 atom stereocenters. The molecule has 6 heteroatoms. The average molecular weight is 443 g/mol. The van der Waals surface area contributed by atoms with Crippen LogP contribution in [0, 0.1) is 0 Å². The molecule has 0 unspecified atom stereocenters. The first-order valence-corrected chi connectivity index (χ1v) is 10.8. The summed E-state index contributed by atoms with van der Waals surface area (Å²) in [7, 11) is 3.13. The molecule has 1 heterocycles. The van der Waals surface area contributed by atoms with Gasteiger partial charge < -0.3 is 14.4 Å². The highest BCUT2D eigenvalue weighted by Gasteiger charge is 2.43. The summed E-state index contributed by atoms with van der Waals surface area (Å²) in [5, 5.41) is 0. The van der Waals surface area contributed by atoms with Gasteiger partial charge in [0.1, 0.15) is 17.2 Å². The maximum atomic E-state index is 13.8. The third-order valence-electron chi connectivity index (χ3n) is 5.68. The first kappa shape index (κ1) is 22.1. The van der Waals surface area contributed by atoms with E-state index in [0.29, 0.717) is 47.1 Å². The number of anilines is 1. The Balaban J connectivity index is 1.85. The van der Waals surface area contributed by atoms with Crippen molar-refractivity contribution in [2.75, 3.05) is 25.7 Å². The van der Waals surface area contributed by atoms with E-state index in [0.717, 1.165) is 5.56 Å². The fraction of sp³-hybridized carbons (Fsp3) is 0.185. The molecule has 0 N–H and O–H groups in total. The predicted molar refractivity (Wildman–Crippen MR) is 128 cm³/mol. The molecule has 6 nitrogen and oxygen atoms in total. The van der Waals surface area contributed by atoms with Gasteiger partial charge in [0.05, 0.1) is 25.5 Å². The summed E-state index contributed by atoms with van der Waals surface area (Å²) in [6, 6.07) is 24.1. The largest absolute Gasteiger partial charge is 0.497 e. The SMILES string of the molecule is CCN(Cc1ccccc1)C1=C(c2ccccc2OC)C(=O)N(c2ccc(OC)cc2)C1=O. The first-order valence-electron chi connectivity index (χ1n) is 10.8. The van der Waals surface area contributed by atoms with E-state index >= 15 is 0 Å². The molecule has 0 aliphatic carbocycles. The highest BCUT2D eigenvalue weighted by atomic mass is 16.5. The summed E-state index contributed by atoms with van der Waals surface area (Å²) in [6.07, 6.45) is 0. The lowest BCUT2D eigenvalue weighted by Crippen LogP contribution is -2.35. The van der Waals surface area contributed by atoms with Gasteiger partial charge in [-0.25, -0.2) is 4.90 Å². The molecule has 0 saturated carbocycles. The van der Waals surface area contributed by atoms with E-state index in [2.05, 4.69) is 0 Å². The molecule has 4 rings (SSSR count). The molecule has 0 fully saturated rings. The third-order valence-corrected chi connectivity index (χ3v) is 5.68. The summed E-state index contributed by atoms with van der Waals surface area (Å²) in [4.78, 5) is 30.7. The number of hydrogen-bond donors (Lipinski definition) is 0. The number of carbonyl (C=O) groups excluding carboxylic acids is 2. The minimum absolute atomic E-state index is 0.339. The van der Waals surface area contributed by atoms with Crippen molar-refractivity contribution in [3.05, 3.63) is 95.7 Å². The van der Waals surface area contributed by atoms with E-state index in [4.69, 9.17) is 9.47 Å². The molecule has 3 aromatic carbocycles. The van der Waals surface area contributed by atoms with Crippen molar-refractivity contribution < 1.29 is 19.1 Å². The number of rotatable bonds is 8. The topological polar surface area (TPSA) is 59.1 Å². The van der Waals surface area contributed by atoms with Gasteiger partial charge in [0.15, 0.2) is 0 Å². The van der Waals surface area contributed by atoms with Crippen LogP contribution in [0.5, 0.6) is 11.5 Å². The maximum absolute atomic E-state index is 13.8. The van der Waals surface area contributed by atoms with Crippen LogP contribution in [0.15, 0.2) is 84.6 Å². The Bertz CT molecular complexity index is 1190. The van der Waals surface area contributed by atoms with Crippen molar-refractivity contribution in [3.63, 3.8) is 0 Å². The van der Waals surface area contributed by atoms with Crippen molar-refractivity contribution in [1.82, 2.24) is 4.90 Å². The summed E-state index contributed by atoms with van der Waals surface area (Å²) in [5.74, 6) is 0.453. The smallest absolute Gasteiger partial charge is 0.282 e. The van der Waals surface area contributed by atoms with Crippen LogP contribution in [0.25, 0.3) is 5.57 Å². The molecule has 1 aliphatic heterocycles. The van der Waals surface area contributed by atoms with Gasteiger partial charge in [-0.05, 0) is 42.8 Å². The molecule has 2 amide bonds. The van der Waals surface area contributed by atoms with Gasteiger partial charge in [-0.1, -0.05) is 48.5 Å². The summed E-state index contributed by atoms with van der Waals surface area (Å²) in [6.45, 7) is 3.03. The van der Waals surface area contributed by atoms with Gasteiger partial charge in [-0.15, -0.1) is 0 Å². The van der Waals surface area contributed by atoms with E-state index in [1.54, 1.807) is 44.6 Å². The third kappa shape index (κ3) is 4.20. The first-order chi connectivity index (χ1) is 16.1. The van der Waals surface area contributed by atoms with Gasteiger partial charge in [-0.3, -0.25) is 9.59 Å². The summed E-state index contributed by atoms with van der Waals surface area (Å²) < 4.78 is 10.8. The Kier molecular flexibility index (Phi) is 6.45. The van der Waals surface area contributed by atoms with Crippen molar-refractivity contribution in [1.29, 1.82) is 0 Å². The number of ether oxygens (including phenoxy) is 2. The fourth-order valence-corrected chi connectivity index (χ4v) is 4.02. The monoisotopic (exact) mass is 442 g/mol. The number of carbonyl (C=O) groups is 2. The standard InChI is InChI=1S/C27H26N2O4/c1-4-28(18-19-10-6-5-7-11-19)25-24(22-12-8-9-13-23(22)33-3)26(30)29(27(25)31)20-14-16-21(32-2)17-15-20/h5-17H,4,18H2,1-3H3. The number of amides is 2. The number of para-hydroxylation sites is 1. The van der Waals surface area contributed by atoms with Crippen molar-refractivity contribution in [3.8, 4) is 11.5 Å².